The molecule has 4 saturated heterocycles. The molecule has 8 heteroatoms. The van der Waals surface area contributed by atoms with E-state index in [1.165, 1.54) is 6.20 Å². The fourth-order valence-corrected chi connectivity index (χ4v) is 4.44. The normalized spacial score (nSPS) is 28.1. The molecule has 1 aromatic heterocycles. The monoisotopic (exact) mass is 348 g/mol. The third kappa shape index (κ3) is 3.28. The topological polar surface area (TPSA) is 98.5 Å². The second-order valence-electron chi connectivity index (χ2n) is 7.34. The van der Waals surface area contributed by atoms with E-state index in [1.807, 2.05) is 4.90 Å². The molecule has 0 radical (unpaired) electrons. The molecular weight excluding hydrogens is 324 g/mol. The fourth-order valence-electron chi connectivity index (χ4n) is 4.44. The zero-order chi connectivity index (χ0) is 17.4. The van der Waals surface area contributed by atoms with Crippen molar-refractivity contribution < 1.29 is 9.53 Å². The highest BCUT2D eigenvalue weighted by atomic mass is 16.5. The largest absolute Gasteiger partial charge is 0.381 e. The number of carbonyl (C=O) groups excluding carboxylic acids is 1. The maximum Gasteiger partial charge on any atom is 0.325 e. The van der Waals surface area contributed by atoms with Gasteiger partial charge in [0.1, 0.15) is 5.56 Å². The van der Waals surface area contributed by atoms with Crippen molar-refractivity contribution in [3.8, 4) is 0 Å². The number of nitrogens with zero attached hydrogens (tertiary/aromatic N) is 2. The predicted molar refractivity (Wildman–Crippen MR) is 90.6 cm³/mol. The molecule has 0 unspecified atom stereocenters. The summed E-state index contributed by atoms with van der Waals surface area (Å²) in [5, 5.41) is 0. The highest BCUT2D eigenvalue weighted by molar-refractivity contribution is 5.93. The standard InChI is InChI=1S/C17H24N4O4/c22-15-14(7-18-17(24)19-15)16(23)21-9-11-1-2-13(21)10-20(8-11)12-3-5-25-6-4-12/h7,11-13H,1-6,8-10H2,(H2,18,19,22,24)/t11-,13+/m0/s1. The number of hydrogen-bond donors (Lipinski definition) is 2. The Hall–Kier alpha value is -1.93. The zero-order valence-electron chi connectivity index (χ0n) is 14.2. The summed E-state index contributed by atoms with van der Waals surface area (Å²) in [5.74, 6) is 0.161. The van der Waals surface area contributed by atoms with Crippen LogP contribution in [0.4, 0.5) is 0 Å². The van der Waals surface area contributed by atoms with Gasteiger partial charge in [-0.25, -0.2) is 4.79 Å². The first kappa shape index (κ1) is 16.5. The Bertz CT molecular complexity index is 752. The third-order valence-corrected chi connectivity index (χ3v) is 5.76. The zero-order valence-corrected chi connectivity index (χ0v) is 14.2. The Labute approximate surface area is 145 Å². The van der Waals surface area contributed by atoms with Gasteiger partial charge in [0.05, 0.1) is 0 Å². The molecule has 4 aliphatic rings. The number of H-pyrrole nitrogens is 2. The van der Waals surface area contributed by atoms with Crippen LogP contribution in [-0.2, 0) is 4.74 Å². The molecule has 0 aliphatic carbocycles. The summed E-state index contributed by atoms with van der Waals surface area (Å²) < 4.78 is 5.47. The van der Waals surface area contributed by atoms with Gasteiger partial charge >= 0.3 is 5.69 Å². The summed E-state index contributed by atoms with van der Waals surface area (Å²) in [6.07, 6.45) is 5.42. The van der Waals surface area contributed by atoms with Crippen molar-refractivity contribution in [3.63, 3.8) is 0 Å². The van der Waals surface area contributed by atoms with Crippen LogP contribution in [-0.4, -0.2) is 70.6 Å². The molecule has 0 saturated carbocycles. The first-order chi connectivity index (χ1) is 12.1. The number of hydrogen-bond acceptors (Lipinski definition) is 5. The van der Waals surface area contributed by atoms with E-state index >= 15 is 0 Å². The summed E-state index contributed by atoms with van der Waals surface area (Å²) in [6.45, 7) is 4.17. The molecule has 4 fully saturated rings. The van der Waals surface area contributed by atoms with Gasteiger partial charge in [0, 0.05) is 51.1 Å². The van der Waals surface area contributed by atoms with Crippen molar-refractivity contribution in [3.05, 3.63) is 32.6 Å². The van der Waals surface area contributed by atoms with Gasteiger partial charge < -0.3 is 14.6 Å². The van der Waals surface area contributed by atoms with E-state index in [0.717, 1.165) is 52.0 Å². The molecule has 0 aromatic carbocycles. The van der Waals surface area contributed by atoms with Crippen LogP contribution in [0.1, 0.15) is 36.0 Å². The third-order valence-electron chi connectivity index (χ3n) is 5.76. The minimum absolute atomic E-state index is 0.0183. The van der Waals surface area contributed by atoms with E-state index in [2.05, 4.69) is 14.9 Å². The molecule has 5 rings (SSSR count). The molecule has 4 aliphatic heterocycles. The molecule has 2 atom stereocenters. The van der Waals surface area contributed by atoms with Gasteiger partial charge in [0.25, 0.3) is 11.5 Å². The molecule has 0 spiro atoms. The number of aromatic nitrogens is 2. The SMILES string of the molecule is O=C(c1c[nH]c(=O)[nH]c1=O)N1C[C@H]2CC[C@@H]1CN(C1CCOCC1)C2. The van der Waals surface area contributed by atoms with Crippen LogP contribution < -0.4 is 11.2 Å². The molecule has 5 heterocycles. The molecule has 25 heavy (non-hydrogen) atoms. The van der Waals surface area contributed by atoms with Crippen molar-refractivity contribution >= 4 is 5.91 Å². The number of fused-ring (bicyclic) bond motifs is 4. The van der Waals surface area contributed by atoms with Gasteiger partial charge in [0.2, 0.25) is 0 Å². The van der Waals surface area contributed by atoms with Crippen LogP contribution in [0, 0.1) is 5.92 Å². The predicted octanol–water partition coefficient (Wildman–Crippen LogP) is -0.221. The van der Waals surface area contributed by atoms with Crippen LogP contribution in [0.25, 0.3) is 0 Å². The lowest BCUT2D eigenvalue weighted by Gasteiger charge is -2.37. The summed E-state index contributed by atoms with van der Waals surface area (Å²) in [7, 11) is 0. The minimum atomic E-state index is -0.616. The molecular formula is C17H24N4O4. The molecule has 1 amide bonds. The average Bonchev–Trinajstić information content (AvgIpc) is 2.94. The Balaban J connectivity index is 1.54. The lowest BCUT2D eigenvalue weighted by Crippen LogP contribution is -2.49. The lowest BCUT2D eigenvalue weighted by atomic mass is 9.94. The molecule has 8 nitrogen and oxygen atoms in total. The van der Waals surface area contributed by atoms with E-state index < -0.39 is 11.2 Å². The minimum Gasteiger partial charge on any atom is -0.381 e. The molecule has 2 N–H and O–H groups in total. The average molecular weight is 348 g/mol. The summed E-state index contributed by atoms with van der Waals surface area (Å²) >= 11 is 0. The highest BCUT2D eigenvalue weighted by Gasteiger charge is 2.40. The maximum atomic E-state index is 12.9. The van der Waals surface area contributed by atoms with Gasteiger partial charge in [-0.1, -0.05) is 0 Å². The van der Waals surface area contributed by atoms with Crippen LogP contribution in [0.3, 0.4) is 0 Å². The van der Waals surface area contributed by atoms with Gasteiger partial charge in [-0.15, -0.1) is 0 Å². The summed E-state index contributed by atoms with van der Waals surface area (Å²) in [6, 6.07) is 0.656. The first-order valence-electron chi connectivity index (χ1n) is 9.06. The lowest BCUT2D eigenvalue weighted by molar-refractivity contribution is 0.0304. The van der Waals surface area contributed by atoms with Crippen molar-refractivity contribution in [2.75, 3.05) is 32.8 Å². The van der Waals surface area contributed by atoms with Crippen LogP contribution >= 0.6 is 0 Å². The highest BCUT2D eigenvalue weighted by Crippen LogP contribution is 2.31. The number of aromatic amines is 2. The van der Waals surface area contributed by atoms with E-state index in [0.29, 0.717) is 18.5 Å². The Morgan fingerprint density at radius 3 is 2.60 bits per heavy atom. The van der Waals surface area contributed by atoms with Gasteiger partial charge in [-0.05, 0) is 31.6 Å². The fraction of sp³-hybridized carbons (Fsp3) is 0.706. The quantitative estimate of drug-likeness (QED) is 0.770. The molecule has 1 aromatic rings. The van der Waals surface area contributed by atoms with Crippen molar-refractivity contribution in [1.82, 2.24) is 19.8 Å². The first-order valence-corrected chi connectivity index (χ1v) is 9.06. The maximum absolute atomic E-state index is 12.9. The molecule has 2 bridgehead atoms. The van der Waals surface area contributed by atoms with Gasteiger partial charge in [-0.2, -0.15) is 0 Å². The number of rotatable bonds is 2. The van der Waals surface area contributed by atoms with Crippen LogP contribution in [0.2, 0.25) is 0 Å². The summed E-state index contributed by atoms with van der Waals surface area (Å²) in [5.41, 5.74) is -1.19. The Morgan fingerprint density at radius 2 is 1.84 bits per heavy atom. The van der Waals surface area contributed by atoms with Crippen molar-refractivity contribution in [2.45, 2.75) is 37.8 Å². The van der Waals surface area contributed by atoms with E-state index in [-0.39, 0.29) is 17.5 Å². The van der Waals surface area contributed by atoms with Gasteiger partial charge in [-0.3, -0.25) is 19.5 Å². The number of ether oxygens (including phenoxy) is 1. The second kappa shape index (κ2) is 6.76. The second-order valence-corrected chi connectivity index (χ2v) is 7.34. The van der Waals surface area contributed by atoms with Crippen molar-refractivity contribution in [1.29, 1.82) is 0 Å². The number of piperidine rings is 1. The van der Waals surface area contributed by atoms with E-state index in [1.54, 1.807) is 0 Å². The molecule has 136 valence electrons. The smallest absolute Gasteiger partial charge is 0.325 e. The van der Waals surface area contributed by atoms with Crippen LogP contribution in [0.5, 0.6) is 0 Å². The van der Waals surface area contributed by atoms with Crippen LogP contribution in [0.15, 0.2) is 15.8 Å². The van der Waals surface area contributed by atoms with E-state index in [9.17, 15) is 14.4 Å². The Kier molecular flexibility index (Phi) is 4.47. The van der Waals surface area contributed by atoms with Gasteiger partial charge in [0.15, 0.2) is 0 Å². The van der Waals surface area contributed by atoms with E-state index in [4.69, 9.17) is 4.74 Å². The number of amides is 1. The number of carbonyl (C=O) groups is 1. The number of nitrogens with one attached hydrogen (secondary N) is 2. The van der Waals surface area contributed by atoms with Crippen molar-refractivity contribution in [2.24, 2.45) is 5.92 Å². The Morgan fingerprint density at radius 1 is 1.04 bits per heavy atom. The summed E-state index contributed by atoms with van der Waals surface area (Å²) in [4.78, 5) is 45.0.